The molecule has 0 aliphatic carbocycles. The predicted molar refractivity (Wildman–Crippen MR) is 110 cm³/mol. The summed E-state index contributed by atoms with van der Waals surface area (Å²) in [6.45, 7) is 0.619. The first-order valence-electron chi connectivity index (χ1n) is 8.59. The Kier molecular flexibility index (Phi) is 5.05. The van der Waals surface area contributed by atoms with Gasteiger partial charge in [-0.1, -0.05) is 45.7 Å². The van der Waals surface area contributed by atoms with Crippen molar-refractivity contribution >= 4 is 49.0 Å². The summed E-state index contributed by atoms with van der Waals surface area (Å²) < 4.78 is 25.7. The second-order valence-electron chi connectivity index (χ2n) is 6.95. The van der Waals surface area contributed by atoms with Crippen LogP contribution < -0.4 is 4.90 Å². The van der Waals surface area contributed by atoms with Crippen molar-refractivity contribution in [3.05, 3.63) is 63.6 Å². The van der Waals surface area contributed by atoms with E-state index in [2.05, 4.69) is 15.9 Å². The summed E-state index contributed by atoms with van der Waals surface area (Å²) in [5, 5.41) is 0.623. The highest BCUT2D eigenvalue weighted by atomic mass is 79.9. The minimum absolute atomic E-state index is 0.0154. The molecule has 0 N–H and O–H groups in total. The molecule has 27 heavy (non-hydrogen) atoms. The van der Waals surface area contributed by atoms with E-state index in [0.29, 0.717) is 11.6 Å². The summed E-state index contributed by atoms with van der Waals surface area (Å²) >= 11 is 9.67. The largest absolute Gasteiger partial charge is 0.306 e. The molecule has 2 heterocycles. The zero-order chi connectivity index (χ0) is 19.2. The minimum atomic E-state index is -3.21. The Morgan fingerprint density at radius 2 is 1.70 bits per heavy atom. The van der Waals surface area contributed by atoms with Crippen LogP contribution >= 0.6 is 27.5 Å². The number of amides is 1. The molecule has 0 radical (unpaired) electrons. The van der Waals surface area contributed by atoms with E-state index >= 15 is 0 Å². The second kappa shape index (κ2) is 7.20. The van der Waals surface area contributed by atoms with Gasteiger partial charge >= 0.3 is 0 Å². The highest BCUT2D eigenvalue weighted by Gasteiger charge is 2.49. The van der Waals surface area contributed by atoms with Gasteiger partial charge in [0.2, 0.25) is 5.91 Å². The Bertz CT molecular complexity index is 981. The molecule has 4 rings (SSSR count). The molecule has 2 saturated heterocycles. The van der Waals surface area contributed by atoms with Gasteiger partial charge in [0.1, 0.15) is 0 Å². The van der Waals surface area contributed by atoms with E-state index in [1.165, 1.54) is 0 Å². The van der Waals surface area contributed by atoms with Crippen LogP contribution in [0.2, 0.25) is 5.02 Å². The molecule has 0 bridgehead atoms. The lowest BCUT2D eigenvalue weighted by Crippen LogP contribution is -2.61. The lowest BCUT2D eigenvalue weighted by Gasteiger charge is -2.43. The molecule has 8 heteroatoms. The van der Waals surface area contributed by atoms with Crippen LogP contribution in [0.3, 0.4) is 0 Å². The van der Waals surface area contributed by atoms with Gasteiger partial charge in [-0.3, -0.25) is 9.69 Å². The molecule has 0 spiro atoms. The van der Waals surface area contributed by atoms with E-state index < -0.39 is 9.84 Å². The first kappa shape index (κ1) is 18.9. The molecule has 2 aromatic rings. The molecule has 5 nitrogen and oxygen atoms in total. The van der Waals surface area contributed by atoms with Crippen LogP contribution in [-0.4, -0.2) is 49.4 Å². The van der Waals surface area contributed by atoms with Crippen molar-refractivity contribution in [2.24, 2.45) is 0 Å². The van der Waals surface area contributed by atoms with Crippen molar-refractivity contribution < 1.29 is 13.2 Å². The molecule has 2 fully saturated rings. The maximum absolute atomic E-state index is 13.0. The number of carbonyl (C=O) groups is 1. The van der Waals surface area contributed by atoms with E-state index in [-0.39, 0.29) is 36.0 Å². The van der Waals surface area contributed by atoms with Gasteiger partial charge < -0.3 is 4.90 Å². The van der Waals surface area contributed by atoms with Gasteiger partial charge in [-0.05, 0) is 35.9 Å². The topological polar surface area (TPSA) is 57.7 Å². The van der Waals surface area contributed by atoms with Crippen LogP contribution in [-0.2, 0) is 21.2 Å². The van der Waals surface area contributed by atoms with E-state index in [9.17, 15) is 13.2 Å². The van der Waals surface area contributed by atoms with Gasteiger partial charge in [-0.2, -0.15) is 0 Å². The van der Waals surface area contributed by atoms with Gasteiger partial charge in [-0.15, -0.1) is 0 Å². The third-order valence-corrected chi connectivity index (χ3v) is 7.73. The van der Waals surface area contributed by atoms with Crippen molar-refractivity contribution in [3.63, 3.8) is 0 Å². The van der Waals surface area contributed by atoms with Crippen molar-refractivity contribution in [3.8, 4) is 0 Å². The maximum Gasteiger partial charge on any atom is 0.241 e. The summed E-state index contributed by atoms with van der Waals surface area (Å²) in [7, 11) is -3.21. The number of carbonyl (C=O) groups excluding carboxylic acids is 1. The fraction of sp³-hybridized carbons (Fsp3) is 0.316. The minimum Gasteiger partial charge on any atom is -0.306 e. The van der Waals surface area contributed by atoms with Crippen molar-refractivity contribution in [1.82, 2.24) is 4.90 Å². The van der Waals surface area contributed by atoms with Crippen molar-refractivity contribution in [2.75, 3.05) is 23.0 Å². The number of halogens is 2. The van der Waals surface area contributed by atoms with Crippen LogP contribution in [0, 0.1) is 0 Å². The predicted octanol–water partition coefficient (Wildman–Crippen LogP) is 3.12. The van der Waals surface area contributed by atoms with Crippen LogP contribution in [0.4, 0.5) is 5.69 Å². The molecule has 0 saturated carbocycles. The summed E-state index contributed by atoms with van der Waals surface area (Å²) in [6.07, 6.45) is 0. The number of anilines is 1. The Labute approximate surface area is 172 Å². The lowest BCUT2D eigenvalue weighted by atomic mass is 10.0. The summed E-state index contributed by atoms with van der Waals surface area (Å²) in [6, 6.07) is 14.2. The molecular formula is C19H18BrClN2O3S. The van der Waals surface area contributed by atoms with E-state index in [1.807, 2.05) is 47.4 Å². The molecule has 2 aliphatic rings. The van der Waals surface area contributed by atoms with Crippen LogP contribution in [0.25, 0.3) is 0 Å². The van der Waals surface area contributed by atoms with Crippen LogP contribution in [0.5, 0.6) is 0 Å². The van der Waals surface area contributed by atoms with Gasteiger partial charge in [0.15, 0.2) is 9.84 Å². The van der Waals surface area contributed by atoms with E-state index in [1.54, 1.807) is 11.0 Å². The molecule has 2 atom stereocenters. The maximum atomic E-state index is 13.0. The zero-order valence-electron chi connectivity index (χ0n) is 14.4. The highest BCUT2D eigenvalue weighted by molar-refractivity contribution is 9.10. The zero-order valence-corrected chi connectivity index (χ0v) is 17.5. The normalized spacial score (nSPS) is 24.8. The Morgan fingerprint density at radius 3 is 2.41 bits per heavy atom. The smallest absolute Gasteiger partial charge is 0.241 e. The Hall–Kier alpha value is -1.41. The Balaban J connectivity index is 1.68. The molecule has 1 amide bonds. The van der Waals surface area contributed by atoms with Crippen LogP contribution in [0.15, 0.2) is 53.0 Å². The van der Waals surface area contributed by atoms with Gasteiger partial charge in [-0.25, -0.2) is 8.42 Å². The van der Waals surface area contributed by atoms with Gasteiger partial charge in [0.25, 0.3) is 0 Å². The first-order valence-corrected chi connectivity index (χ1v) is 11.6. The summed E-state index contributed by atoms with van der Waals surface area (Å²) in [5.41, 5.74) is 1.62. The number of hydrogen-bond donors (Lipinski definition) is 0. The first-order chi connectivity index (χ1) is 12.8. The summed E-state index contributed by atoms with van der Waals surface area (Å²) in [5.74, 6) is -0.0521. The number of fused-ring (bicyclic) bond motifs is 1. The fourth-order valence-electron chi connectivity index (χ4n) is 3.91. The van der Waals surface area contributed by atoms with Crippen molar-refractivity contribution in [1.29, 1.82) is 0 Å². The standard InChI is InChI=1S/C19H18BrClN2O3S/c20-14-5-7-15(8-6-14)23-18-12-27(25,26)11-17(18)22(10-19(23)24)9-13-3-1-2-4-16(13)21/h1-8,17-18H,9-12H2/t17-,18-/m0/s1. The number of benzene rings is 2. The fourth-order valence-corrected chi connectivity index (χ4v) is 6.35. The number of sulfone groups is 1. The highest BCUT2D eigenvalue weighted by Crippen LogP contribution is 2.33. The van der Waals surface area contributed by atoms with Crippen LogP contribution in [0.1, 0.15) is 5.56 Å². The third kappa shape index (κ3) is 3.78. The SMILES string of the molecule is O=C1CN(Cc2ccccc2Cl)[C@H]2CS(=O)(=O)C[C@@H]2N1c1ccc(Br)cc1. The van der Waals surface area contributed by atoms with Crippen molar-refractivity contribution in [2.45, 2.75) is 18.6 Å². The summed E-state index contributed by atoms with van der Waals surface area (Å²) in [4.78, 5) is 16.6. The number of nitrogens with zero attached hydrogens (tertiary/aromatic N) is 2. The number of rotatable bonds is 3. The molecule has 2 aliphatic heterocycles. The number of hydrogen-bond acceptors (Lipinski definition) is 4. The molecule has 0 unspecified atom stereocenters. The monoisotopic (exact) mass is 468 g/mol. The average molecular weight is 470 g/mol. The lowest BCUT2D eigenvalue weighted by molar-refractivity contribution is -0.123. The molecule has 0 aromatic heterocycles. The quantitative estimate of drug-likeness (QED) is 0.693. The van der Waals surface area contributed by atoms with E-state index in [4.69, 9.17) is 11.6 Å². The number of piperazine rings is 1. The van der Waals surface area contributed by atoms with Gasteiger partial charge in [0, 0.05) is 27.8 Å². The molecule has 2 aromatic carbocycles. The molecule has 142 valence electrons. The molecular weight excluding hydrogens is 452 g/mol. The van der Waals surface area contributed by atoms with Gasteiger partial charge in [0.05, 0.1) is 24.1 Å². The third-order valence-electron chi connectivity index (χ3n) is 5.14. The second-order valence-corrected chi connectivity index (χ2v) is 10.4. The van der Waals surface area contributed by atoms with E-state index in [0.717, 1.165) is 15.7 Å². The Morgan fingerprint density at radius 1 is 1.04 bits per heavy atom. The average Bonchev–Trinajstić information content (AvgIpc) is 2.93.